The highest BCUT2D eigenvalue weighted by atomic mass is 16.5. The van der Waals surface area contributed by atoms with Crippen LogP contribution in [0.3, 0.4) is 0 Å². The van der Waals surface area contributed by atoms with Gasteiger partial charge in [0.25, 0.3) is 5.91 Å². The molecule has 1 aliphatic carbocycles. The molecule has 9 heteroatoms. The van der Waals surface area contributed by atoms with E-state index in [9.17, 15) is 4.79 Å². The molecule has 4 heterocycles. The van der Waals surface area contributed by atoms with Crippen LogP contribution in [-0.2, 0) is 18.8 Å². The SMILES string of the molecule is CN1CCCN(C[C@@H]2OCCN(C(=O)c3cc(C4CC4)nn3C)[C@H]2c2cnn(C)c2)CC1. The summed E-state index contributed by atoms with van der Waals surface area (Å²) in [5.74, 6) is 0.556. The molecule has 0 radical (unpaired) electrons. The molecule has 2 aromatic rings. The molecule has 3 aliphatic rings. The number of carbonyl (C=O) groups is 1. The lowest BCUT2D eigenvalue weighted by Crippen LogP contribution is -2.52. The number of aryl methyl sites for hydroxylation is 2. The number of aromatic nitrogens is 4. The van der Waals surface area contributed by atoms with Crippen molar-refractivity contribution in [2.75, 3.05) is 52.9 Å². The van der Waals surface area contributed by atoms with Gasteiger partial charge in [0.1, 0.15) is 5.69 Å². The predicted molar refractivity (Wildman–Crippen MR) is 120 cm³/mol. The number of hydrogen-bond donors (Lipinski definition) is 0. The van der Waals surface area contributed by atoms with Crippen LogP contribution in [0.25, 0.3) is 0 Å². The molecule has 32 heavy (non-hydrogen) atoms. The molecular weight excluding hydrogens is 406 g/mol. The Morgan fingerprint density at radius 2 is 1.97 bits per heavy atom. The van der Waals surface area contributed by atoms with Gasteiger partial charge in [-0.1, -0.05) is 0 Å². The van der Waals surface area contributed by atoms with Gasteiger partial charge in [0.2, 0.25) is 0 Å². The molecule has 1 saturated carbocycles. The number of rotatable bonds is 5. The summed E-state index contributed by atoms with van der Waals surface area (Å²) in [6.07, 6.45) is 7.31. The second kappa shape index (κ2) is 8.96. The van der Waals surface area contributed by atoms with Crippen molar-refractivity contribution in [2.45, 2.75) is 37.3 Å². The highest BCUT2D eigenvalue weighted by molar-refractivity contribution is 5.93. The first-order valence-electron chi connectivity index (χ1n) is 11.9. The molecular formula is C23H35N7O2. The minimum atomic E-state index is -0.162. The van der Waals surface area contributed by atoms with Crippen molar-refractivity contribution >= 4 is 5.91 Å². The molecule has 0 unspecified atom stereocenters. The number of ether oxygens (including phenoxy) is 1. The molecule has 2 aromatic heterocycles. The quantitative estimate of drug-likeness (QED) is 0.696. The van der Waals surface area contributed by atoms with Crippen LogP contribution in [0.4, 0.5) is 0 Å². The van der Waals surface area contributed by atoms with E-state index in [4.69, 9.17) is 4.74 Å². The molecule has 174 valence electrons. The van der Waals surface area contributed by atoms with Crippen LogP contribution in [0.15, 0.2) is 18.5 Å². The van der Waals surface area contributed by atoms with Crippen LogP contribution < -0.4 is 0 Å². The second-order valence-corrected chi connectivity index (χ2v) is 9.61. The average Bonchev–Trinajstić information content (AvgIpc) is 3.48. The van der Waals surface area contributed by atoms with Crippen LogP contribution in [0, 0.1) is 0 Å². The first-order chi connectivity index (χ1) is 15.5. The molecule has 2 aliphatic heterocycles. The van der Waals surface area contributed by atoms with E-state index >= 15 is 0 Å². The molecule has 1 amide bonds. The van der Waals surface area contributed by atoms with Gasteiger partial charge in [-0.2, -0.15) is 10.2 Å². The van der Waals surface area contributed by atoms with Gasteiger partial charge < -0.3 is 14.5 Å². The van der Waals surface area contributed by atoms with Gasteiger partial charge >= 0.3 is 0 Å². The van der Waals surface area contributed by atoms with Crippen LogP contribution in [0.1, 0.15) is 53.0 Å². The monoisotopic (exact) mass is 441 g/mol. The van der Waals surface area contributed by atoms with E-state index < -0.39 is 0 Å². The van der Waals surface area contributed by atoms with Crippen molar-refractivity contribution < 1.29 is 9.53 Å². The number of nitrogens with zero attached hydrogens (tertiary/aromatic N) is 7. The molecule has 5 rings (SSSR count). The summed E-state index contributed by atoms with van der Waals surface area (Å²) in [7, 11) is 5.98. The lowest BCUT2D eigenvalue weighted by atomic mass is 9.99. The van der Waals surface area contributed by atoms with Crippen LogP contribution in [0.5, 0.6) is 0 Å². The fourth-order valence-corrected chi connectivity index (χ4v) is 5.05. The van der Waals surface area contributed by atoms with Gasteiger partial charge in [0, 0.05) is 58.0 Å². The van der Waals surface area contributed by atoms with E-state index in [1.807, 2.05) is 37.5 Å². The zero-order chi connectivity index (χ0) is 22.2. The van der Waals surface area contributed by atoms with Gasteiger partial charge in [-0.3, -0.25) is 19.1 Å². The van der Waals surface area contributed by atoms with Gasteiger partial charge in [-0.05, 0) is 45.5 Å². The van der Waals surface area contributed by atoms with E-state index in [0.717, 1.165) is 50.4 Å². The Morgan fingerprint density at radius 3 is 2.72 bits per heavy atom. The normalized spacial score (nSPS) is 25.8. The number of carbonyl (C=O) groups excluding carboxylic acids is 1. The number of morpholine rings is 1. The van der Waals surface area contributed by atoms with E-state index in [1.165, 1.54) is 12.8 Å². The first kappa shape index (κ1) is 21.6. The standard InChI is InChI=1S/C23H35N7O2/c1-26-7-4-8-29(10-9-26)16-21-22(18-14-24-27(2)15-18)30(11-12-32-21)23(31)20-13-19(17-5-6-17)25-28(20)3/h13-15,17,21-22H,4-12,16H2,1-3H3/t21-,22-/m0/s1. The number of hydrogen-bond acceptors (Lipinski definition) is 6. The number of amides is 1. The predicted octanol–water partition coefficient (Wildman–Crippen LogP) is 1.25. The summed E-state index contributed by atoms with van der Waals surface area (Å²) in [6.45, 7) is 6.21. The van der Waals surface area contributed by atoms with Crippen LogP contribution >= 0.6 is 0 Å². The first-order valence-corrected chi connectivity index (χ1v) is 11.9. The van der Waals surface area contributed by atoms with Gasteiger partial charge in [-0.25, -0.2) is 0 Å². The van der Waals surface area contributed by atoms with E-state index in [0.29, 0.717) is 24.8 Å². The summed E-state index contributed by atoms with van der Waals surface area (Å²) < 4.78 is 9.88. The molecule has 9 nitrogen and oxygen atoms in total. The highest BCUT2D eigenvalue weighted by Crippen LogP contribution is 2.40. The van der Waals surface area contributed by atoms with Gasteiger partial charge in [0.05, 0.1) is 30.6 Å². The Hall–Kier alpha value is -2.23. The van der Waals surface area contributed by atoms with E-state index in [1.54, 1.807) is 9.36 Å². The zero-order valence-corrected chi connectivity index (χ0v) is 19.5. The van der Waals surface area contributed by atoms with Crippen molar-refractivity contribution in [3.8, 4) is 0 Å². The van der Waals surface area contributed by atoms with Gasteiger partial charge in [0.15, 0.2) is 0 Å². The summed E-state index contributed by atoms with van der Waals surface area (Å²) >= 11 is 0. The Kier molecular flexibility index (Phi) is 6.05. The molecule has 0 bridgehead atoms. The zero-order valence-electron chi connectivity index (χ0n) is 19.5. The minimum absolute atomic E-state index is 0.0321. The Morgan fingerprint density at radius 1 is 1.12 bits per heavy atom. The minimum Gasteiger partial charge on any atom is -0.373 e. The van der Waals surface area contributed by atoms with Crippen molar-refractivity contribution in [1.29, 1.82) is 0 Å². The summed E-state index contributed by atoms with van der Waals surface area (Å²) in [5.41, 5.74) is 2.74. The largest absolute Gasteiger partial charge is 0.373 e. The van der Waals surface area contributed by atoms with E-state index in [-0.39, 0.29) is 18.1 Å². The fourth-order valence-electron chi connectivity index (χ4n) is 5.05. The van der Waals surface area contributed by atoms with Crippen molar-refractivity contribution in [3.63, 3.8) is 0 Å². The summed E-state index contributed by atoms with van der Waals surface area (Å²) in [5, 5.41) is 9.03. The maximum atomic E-state index is 13.8. The maximum Gasteiger partial charge on any atom is 0.272 e. The topological polar surface area (TPSA) is 71.7 Å². The molecule has 2 saturated heterocycles. The molecule has 0 aromatic carbocycles. The summed E-state index contributed by atoms with van der Waals surface area (Å²) in [4.78, 5) is 20.6. The second-order valence-electron chi connectivity index (χ2n) is 9.61. The molecule has 0 N–H and O–H groups in total. The lowest BCUT2D eigenvalue weighted by Gasteiger charge is -2.42. The van der Waals surface area contributed by atoms with E-state index in [2.05, 4.69) is 27.0 Å². The third-order valence-electron chi connectivity index (χ3n) is 7.04. The van der Waals surface area contributed by atoms with Crippen molar-refractivity contribution in [3.05, 3.63) is 35.4 Å². The highest BCUT2D eigenvalue weighted by Gasteiger charge is 2.40. The van der Waals surface area contributed by atoms with Gasteiger partial charge in [-0.15, -0.1) is 0 Å². The summed E-state index contributed by atoms with van der Waals surface area (Å²) in [6, 6.07) is 1.83. The molecule has 2 atom stereocenters. The average molecular weight is 442 g/mol. The third kappa shape index (κ3) is 4.46. The smallest absolute Gasteiger partial charge is 0.272 e. The number of likely N-dealkylation sites (N-methyl/N-ethyl adjacent to an activating group) is 1. The Bertz CT molecular complexity index is 950. The van der Waals surface area contributed by atoms with Crippen molar-refractivity contribution in [1.82, 2.24) is 34.3 Å². The fraction of sp³-hybridized carbons (Fsp3) is 0.696. The maximum absolute atomic E-state index is 13.8. The van der Waals surface area contributed by atoms with Crippen LogP contribution in [-0.4, -0.2) is 99.2 Å². The Balaban J connectivity index is 1.41. The lowest BCUT2D eigenvalue weighted by molar-refractivity contribution is -0.0726. The van der Waals surface area contributed by atoms with Crippen molar-refractivity contribution in [2.24, 2.45) is 14.1 Å². The molecule has 0 spiro atoms. The molecule has 3 fully saturated rings. The Labute approximate surface area is 189 Å². The van der Waals surface area contributed by atoms with Crippen LogP contribution in [0.2, 0.25) is 0 Å². The third-order valence-corrected chi connectivity index (χ3v) is 7.04.